The molecule has 1 N–H and O–H groups in total. The number of nitrogens with one attached hydrogen (secondary N) is 1. The maximum Gasteiger partial charge on any atom is 0.224 e. The molecule has 0 aliphatic heterocycles. The first-order chi connectivity index (χ1) is 12.7. The molecule has 0 heterocycles. The highest BCUT2D eigenvalue weighted by molar-refractivity contribution is 5.79. The van der Waals surface area contributed by atoms with Crippen LogP contribution in [0.2, 0.25) is 0 Å². The Morgan fingerprint density at radius 3 is 2.42 bits per heavy atom. The Morgan fingerprint density at radius 2 is 1.77 bits per heavy atom. The minimum absolute atomic E-state index is 0.0130. The molecule has 138 valence electrons. The van der Waals surface area contributed by atoms with Crippen molar-refractivity contribution < 1.29 is 19.0 Å². The van der Waals surface area contributed by atoms with Gasteiger partial charge in [-0.2, -0.15) is 0 Å². The Kier molecular flexibility index (Phi) is 5.66. The molecule has 1 atom stereocenters. The molecule has 5 nitrogen and oxygen atoms in total. The van der Waals surface area contributed by atoms with Crippen LogP contribution in [0.15, 0.2) is 36.4 Å². The number of methoxy groups -OCH3 is 3. The molecule has 1 amide bonds. The monoisotopic (exact) mass is 355 g/mol. The lowest BCUT2D eigenvalue weighted by Gasteiger charge is -2.26. The summed E-state index contributed by atoms with van der Waals surface area (Å²) in [6.45, 7) is 0. The van der Waals surface area contributed by atoms with Crippen molar-refractivity contribution in [3.8, 4) is 17.2 Å². The lowest BCUT2D eigenvalue weighted by Crippen LogP contribution is -2.32. The predicted molar refractivity (Wildman–Crippen MR) is 100 cm³/mol. The Hall–Kier alpha value is -2.69. The van der Waals surface area contributed by atoms with Gasteiger partial charge in [-0.15, -0.1) is 0 Å². The van der Waals surface area contributed by atoms with E-state index in [-0.39, 0.29) is 18.4 Å². The van der Waals surface area contributed by atoms with Crippen LogP contribution < -0.4 is 19.5 Å². The number of ether oxygens (including phenoxy) is 3. The maximum atomic E-state index is 12.6. The van der Waals surface area contributed by atoms with Gasteiger partial charge in [0.05, 0.1) is 33.8 Å². The van der Waals surface area contributed by atoms with Crippen LogP contribution in [0, 0.1) is 0 Å². The van der Waals surface area contributed by atoms with Crippen LogP contribution in [0.25, 0.3) is 0 Å². The van der Waals surface area contributed by atoms with Gasteiger partial charge in [-0.25, -0.2) is 0 Å². The number of benzene rings is 2. The van der Waals surface area contributed by atoms with Crippen molar-refractivity contribution in [1.82, 2.24) is 5.32 Å². The minimum atomic E-state index is -0.0130. The van der Waals surface area contributed by atoms with E-state index in [9.17, 15) is 4.79 Å². The lowest BCUT2D eigenvalue weighted by atomic mass is 9.87. The summed E-state index contributed by atoms with van der Waals surface area (Å²) >= 11 is 0. The summed E-state index contributed by atoms with van der Waals surface area (Å²) < 4.78 is 16.0. The zero-order chi connectivity index (χ0) is 18.5. The molecule has 3 rings (SSSR count). The van der Waals surface area contributed by atoms with Crippen LogP contribution in [0.1, 0.15) is 35.6 Å². The van der Waals surface area contributed by atoms with Gasteiger partial charge >= 0.3 is 0 Å². The molecule has 2 aromatic carbocycles. The summed E-state index contributed by atoms with van der Waals surface area (Å²) in [6.07, 6.45) is 3.40. The van der Waals surface area contributed by atoms with Gasteiger partial charge in [0.25, 0.3) is 0 Å². The summed E-state index contributed by atoms with van der Waals surface area (Å²) in [6, 6.07) is 12.0. The summed E-state index contributed by atoms with van der Waals surface area (Å²) in [4.78, 5) is 12.6. The average Bonchev–Trinajstić information content (AvgIpc) is 2.67. The second-order valence-electron chi connectivity index (χ2n) is 6.42. The molecule has 0 saturated heterocycles. The fourth-order valence-corrected chi connectivity index (χ4v) is 3.57. The zero-order valence-corrected chi connectivity index (χ0v) is 15.5. The number of fused-ring (bicyclic) bond motifs is 1. The van der Waals surface area contributed by atoms with Gasteiger partial charge in [-0.05, 0) is 48.1 Å². The minimum Gasteiger partial charge on any atom is -0.493 e. The maximum absolute atomic E-state index is 12.6. The quantitative estimate of drug-likeness (QED) is 0.862. The Labute approximate surface area is 154 Å². The molecule has 0 spiro atoms. The van der Waals surface area contributed by atoms with Gasteiger partial charge in [0.2, 0.25) is 11.7 Å². The first-order valence-electron chi connectivity index (χ1n) is 8.82. The van der Waals surface area contributed by atoms with Crippen LogP contribution in [0.3, 0.4) is 0 Å². The van der Waals surface area contributed by atoms with Gasteiger partial charge in [-0.3, -0.25) is 4.79 Å². The molecule has 0 aromatic heterocycles. The number of hydrogen-bond acceptors (Lipinski definition) is 4. The molecule has 0 saturated carbocycles. The molecule has 1 aliphatic rings. The first kappa shape index (κ1) is 18.1. The van der Waals surface area contributed by atoms with Gasteiger partial charge < -0.3 is 19.5 Å². The summed E-state index contributed by atoms with van der Waals surface area (Å²) in [7, 11) is 4.70. The summed E-state index contributed by atoms with van der Waals surface area (Å²) in [5, 5.41) is 3.18. The van der Waals surface area contributed by atoms with Gasteiger partial charge in [0.15, 0.2) is 11.5 Å². The Bertz CT molecular complexity index is 762. The van der Waals surface area contributed by atoms with E-state index in [4.69, 9.17) is 14.2 Å². The standard InChI is InChI=1S/C21H25NO4/c1-24-18-11-14(12-19(25-2)21(18)26-3)13-20(23)22-17-10-6-8-15-7-4-5-9-16(15)17/h4-5,7,9,11-12,17H,6,8,10,13H2,1-3H3,(H,22,23)/t17-/m1/s1. The van der Waals surface area contributed by atoms with Crippen LogP contribution in [0.5, 0.6) is 17.2 Å². The van der Waals surface area contributed by atoms with Crippen molar-refractivity contribution in [1.29, 1.82) is 0 Å². The van der Waals surface area contributed by atoms with Crippen LogP contribution in [-0.4, -0.2) is 27.2 Å². The number of amides is 1. The highest BCUT2D eigenvalue weighted by atomic mass is 16.5. The largest absolute Gasteiger partial charge is 0.493 e. The highest BCUT2D eigenvalue weighted by Crippen LogP contribution is 2.38. The number of aryl methyl sites for hydroxylation is 1. The Balaban J connectivity index is 1.75. The molecular weight excluding hydrogens is 330 g/mol. The third-order valence-electron chi connectivity index (χ3n) is 4.79. The van der Waals surface area contributed by atoms with Crippen molar-refractivity contribution >= 4 is 5.91 Å². The normalized spacial score (nSPS) is 15.7. The molecule has 2 aromatic rings. The van der Waals surface area contributed by atoms with Crippen LogP contribution >= 0.6 is 0 Å². The van der Waals surface area contributed by atoms with Crippen LogP contribution in [-0.2, 0) is 17.6 Å². The fourth-order valence-electron chi connectivity index (χ4n) is 3.57. The van der Waals surface area contributed by atoms with Gasteiger partial charge in [0, 0.05) is 0 Å². The van der Waals surface area contributed by atoms with E-state index >= 15 is 0 Å². The number of hydrogen-bond donors (Lipinski definition) is 1. The molecule has 0 radical (unpaired) electrons. The van der Waals surface area contributed by atoms with Gasteiger partial charge in [0.1, 0.15) is 0 Å². The molecule has 5 heteroatoms. The summed E-state index contributed by atoms with van der Waals surface area (Å²) in [5.74, 6) is 1.62. The molecule has 26 heavy (non-hydrogen) atoms. The third kappa shape index (κ3) is 3.77. The Morgan fingerprint density at radius 1 is 1.08 bits per heavy atom. The second kappa shape index (κ2) is 8.13. The topological polar surface area (TPSA) is 56.8 Å². The van der Waals surface area contributed by atoms with E-state index in [2.05, 4.69) is 23.5 Å². The van der Waals surface area contributed by atoms with Crippen molar-refractivity contribution in [2.24, 2.45) is 0 Å². The fraction of sp³-hybridized carbons (Fsp3) is 0.381. The smallest absolute Gasteiger partial charge is 0.224 e. The SMILES string of the molecule is COc1cc(CC(=O)N[C@@H]2CCCc3ccccc32)cc(OC)c1OC. The molecule has 0 unspecified atom stereocenters. The van der Waals surface area contributed by atoms with E-state index in [1.165, 1.54) is 11.1 Å². The molecular formula is C21H25NO4. The van der Waals surface area contributed by atoms with Crippen molar-refractivity contribution in [2.75, 3.05) is 21.3 Å². The first-order valence-corrected chi connectivity index (χ1v) is 8.82. The van der Waals surface area contributed by atoms with E-state index in [1.54, 1.807) is 21.3 Å². The van der Waals surface area contributed by atoms with Crippen molar-refractivity contribution in [2.45, 2.75) is 31.7 Å². The van der Waals surface area contributed by atoms with Crippen LogP contribution in [0.4, 0.5) is 0 Å². The van der Waals surface area contributed by atoms with Gasteiger partial charge in [-0.1, -0.05) is 24.3 Å². The van der Waals surface area contributed by atoms with Crippen molar-refractivity contribution in [3.63, 3.8) is 0 Å². The molecule has 0 fully saturated rings. The number of rotatable bonds is 6. The summed E-state index contributed by atoms with van der Waals surface area (Å²) in [5.41, 5.74) is 3.38. The van der Waals surface area contributed by atoms with E-state index in [1.807, 2.05) is 18.2 Å². The predicted octanol–water partition coefficient (Wildman–Crippen LogP) is 3.45. The third-order valence-corrected chi connectivity index (χ3v) is 4.79. The second-order valence-corrected chi connectivity index (χ2v) is 6.42. The van der Waals surface area contributed by atoms with E-state index in [0.717, 1.165) is 24.8 Å². The van der Waals surface area contributed by atoms with Crippen molar-refractivity contribution in [3.05, 3.63) is 53.1 Å². The van der Waals surface area contributed by atoms with E-state index < -0.39 is 0 Å². The molecule has 0 bridgehead atoms. The molecule has 1 aliphatic carbocycles. The van der Waals surface area contributed by atoms with E-state index in [0.29, 0.717) is 17.2 Å². The average molecular weight is 355 g/mol. The zero-order valence-electron chi connectivity index (χ0n) is 15.5. The lowest BCUT2D eigenvalue weighted by molar-refractivity contribution is -0.121. The highest BCUT2D eigenvalue weighted by Gasteiger charge is 2.22. The number of carbonyl (C=O) groups excluding carboxylic acids is 1. The number of carbonyl (C=O) groups is 1.